The molecule has 1 atom stereocenters. The van der Waals surface area contributed by atoms with E-state index in [-0.39, 0.29) is 6.54 Å². The van der Waals surface area contributed by atoms with Crippen LogP contribution < -0.4 is 16.2 Å². The number of nitrogens with zero attached hydrogens (tertiary/aromatic N) is 2. The molecule has 2 rings (SSSR count). The fourth-order valence-corrected chi connectivity index (χ4v) is 2.39. The van der Waals surface area contributed by atoms with Crippen LogP contribution in [0.3, 0.4) is 0 Å². The highest BCUT2D eigenvalue weighted by Gasteiger charge is 2.22. The summed E-state index contributed by atoms with van der Waals surface area (Å²) in [4.78, 5) is 27.3. The van der Waals surface area contributed by atoms with Gasteiger partial charge in [-0.25, -0.2) is 5.84 Å². The molecule has 1 unspecified atom stereocenters. The van der Waals surface area contributed by atoms with Crippen LogP contribution >= 0.6 is 0 Å². The molecule has 0 radical (unpaired) electrons. The summed E-state index contributed by atoms with van der Waals surface area (Å²) in [5.41, 5.74) is 3.15. The molecule has 0 aliphatic carbocycles. The SMILES string of the molecule is CC(OC(=O)CN1CCN(c2ccccc2)CC1)C(=O)NN. The Morgan fingerprint density at radius 1 is 1.23 bits per heavy atom. The smallest absolute Gasteiger partial charge is 0.320 e. The number of nitrogens with one attached hydrogen (secondary N) is 1. The van der Waals surface area contributed by atoms with Gasteiger partial charge in [0.2, 0.25) is 0 Å². The molecule has 120 valence electrons. The maximum atomic E-state index is 11.8. The molecule has 0 bridgehead atoms. The van der Waals surface area contributed by atoms with Gasteiger partial charge in [-0.2, -0.15) is 0 Å². The van der Waals surface area contributed by atoms with Crippen LogP contribution in [0.25, 0.3) is 0 Å². The molecule has 7 heteroatoms. The molecule has 1 amide bonds. The second-order valence-corrected chi connectivity index (χ2v) is 5.24. The van der Waals surface area contributed by atoms with Crippen molar-refractivity contribution in [2.75, 3.05) is 37.6 Å². The van der Waals surface area contributed by atoms with Crippen LogP contribution in [0.2, 0.25) is 0 Å². The van der Waals surface area contributed by atoms with Gasteiger partial charge in [0, 0.05) is 31.9 Å². The van der Waals surface area contributed by atoms with Crippen molar-refractivity contribution in [1.82, 2.24) is 10.3 Å². The molecule has 0 aromatic heterocycles. The normalized spacial score (nSPS) is 16.9. The van der Waals surface area contributed by atoms with Gasteiger partial charge in [0.1, 0.15) is 0 Å². The molecule has 1 aromatic carbocycles. The number of para-hydroxylation sites is 1. The van der Waals surface area contributed by atoms with Crippen LogP contribution in [0.5, 0.6) is 0 Å². The van der Waals surface area contributed by atoms with E-state index < -0.39 is 18.0 Å². The quantitative estimate of drug-likeness (QED) is 0.337. The van der Waals surface area contributed by atoms with Crippen LogP contribution in [0.15, 0.2) is 30.3 Å². The van der Waals surface area contributed by atoms with Crippen molar-refractivity contribution in [1.29, 1.82) is 0 Å². The first-order valence-corrected chi connectivity index (χ1v) is 7.32. The predicted octanol–water partition coefficient (Wildman–Crippen LogP) is -0.270. The van der Waals surface area contributed by atoms with Crippen molar-refractivity contribution < 1.29 is 14.3 Å². The fourth-order valence-electron chi connectivity index (χ4n) is 2.39. The molecule has 1 aliphatic rings. The molecular formula is C15H22N4O3. The van der Waals surface area contributed by atoms with Crippen molar-refractivity contribution >= 4 is 17.6 Å². The summed E-state index contributed by atoms with van der Waals surface area (Å²) in [6.07, 6.45) is -0.872. The van der Waals surface area contributed by atoms with E-state index in [1.807, 2.05) is 28.5 Å². The minimum absolute atomic E-state index is 0.185. The lowest BCUT2D eigenvalue weighted by atomic mass is 10.2. The first-order valence-electron chi connectivity index (χ1n) is 7.32. The summed E-state index contributed by atoms with van der Waals surface area (Å²) in [6, 6.07) is 10.2. The van der Waals surface area contributed by atoms with E-state index in [9.17, 15) is 9.59 Å². The number of rotatable bonds is 5. The number of benzene rings is 1. The van der Waals surface area contributed by atoms with Gasteiger partial charge in [0.25, 0.3) is 5.91 Å². The van der Waals surface area contributed by atoms with E-state index in [0.717, 1.165) is 26.2 Å². The van der Waals surface area contributed by atoms with Gasteiger partial charge in [-0.05, 0) is 19.1 Å². The summed E-state index contributed by atoms with van der Waals surface area (Å²) in [5.74, 6) is 4.07. The average Bonchev–Trinajstić information content (AvgIpc) is 2.55. The maximum absolute atomic E-state index is 11.8. The number of ether oxygens (including phenoxy) is 1. The van der Waals surface area contributed by atoms with Crippen molar-refractivity contribution in [3.8, 4) is 0 Å². The van der Waals surface area contributed by atoms with Crippen molar-refractivity contribution in [2.45, 2.75) is 13.0 Å². The minimum atomic E-state index is -0.872. The van der Waals surface area contributed by atoms with Crippen LogP contribution in [0, 0.1) is 0 Å². The van der Waals surface area contributed by atoms with E-state index in [0.29, 0.717) is 0 Å². The Bertz CT molecular complexity index is 501. The molecule has 1 saturated heterocycles. The van der Waals surface area contributed by atoms with Gasteiger partial charge in [0.05, 0.1) is 6.54 Å². The number of anilines is 1. The van der Waals surface area contributed by atoms with Gasteiger partial charge >= 0.3 is 5.97 Å². The first-order chi connectivity index (χ1) is 10.6. The van der Waals surface area contributed by atoms with Crippen LogP contribution in [0.1, 0.15) is 6.92 Å². The molecule has 1 aliphatic heterocycles. The molecule has 1 heterocycles. The molecule has 3 N–H and O–H groups in total. The monoisotopic (exact) mass is 306 g/mol. The van der Waals surface area contributed by atoms with Gasteiger partial charge in [0.15, 0.2) is 6.10 Å². The Labute approximate surface area is 130 Å². The molecule has 22 heavy (non-hydrogen) atoms. The van der Waals surface area contributed by atoms with E-state index in [1.54, 1.807) is 0 Å². The van der Waals surface area contributed by atoms with Crippen LogP contribution in [-0.2, 0) is 14.3 Å². The summed E-state index contributed by atoms with van der Waals surface area (Å²) < 4.78 is 5.03. The summed E-state index contributed by atoms with van der Waals surface area (Å²) >= 11 is 0. The van der Waals surface area contributed by atoms with Gasteiger partial charge < -0.3 is 9.64 Å². The van der Waals surface area contributed by atoms with Crippen LogP contribution in [0.4, 0.5) is 5.69 Å². The third-order valence-electron chi connectivity index (χ3n) is 3.67. The van der Waals surface area contributed by atoms with Gasteiger partial charge in [-0.3, -0.25) is 19.9 Å². The Kier molecular flexibility index (Phi) is 5.74. The zero-order chi connectivity index (χ0) is 15.9. The average molecular weight is 306 g/mol. The second-order valence-electron chi connectivity index (χ2n) is 5.24. The third-order valence-corrected chi connectivity index (χ3v) is 3.67. The number of nitrogens with two attached hydrogens (primary N) is 1. The number of carbonyl (C=O) groups is 2. The third kappa shape index (κ3) is 4.44. The summed E-state index contributed by atoms with van der Waals surface area (Å²) in [7, 11) is 0. The van der Waals surface area contributed by atoms with Crippen molar-refractivity contribution in [3.63, 3.8) is 0 Å². The molecule has 1 aromatic rings. The lowest BCUT2D eigenvalue weighted by molar-refractivity contribution is -0.155. The lowest BCUT2D eigenvalue weighted by Gasteiger charge is -2.35. The highest BCUT2D eigenvalue weighted by atomic mass is 16.5. The van der Waals surface area contributed by atoms with Crippen molar-refractivity contribution in [2.24, 2.45) is 5.84 Å². The molecular weight excluding hydrogens is 284 g/mol. The summed E-state index contributed by atoms with van der Waals surface area (Å²) in [5, 5.41) is 0. The summed E-state index contributed by atoms with van der Waals surface area (Å²) in [6.45, 7) is 4.95. The van der Waals surface area contributed by atoms with E-state index in [4.69, 9.17) is 10.6 Å². The standard InChI is InChI=1S/C15H22N4O3/c1-12(15(21)17-16)22-14(20)11-18-7-9-19(10-8-18)13-5-3-2-4-6-13/h2-6,12H,7-11,16H2,1H3,(H,17,21). The molecule has 7 nitrogen and oxygen atoms in total. The van der Waals surface area contributed by atoms with Crippen molar-refractivity contribution in [3.05, 3.63) is 30.3 Å². The Morgan fingerprint density at radius 2 is 1.86 bits per heavy atom. The zero-order valence-corrected chi connectivity index (χ0v) is 12.7. The van der Waals surface area contributed by atoms with E-state index in [2.05, 4.69) is 17.0 Å². The molecule has 1 fully saturated rings. The molecule has 0 spiro atoms. The molecule has 0 saturated carbocycles. The number of hydrazine groups is 1. The number of esters is 1. The first kappa shape index (κ1) is 16.3. The number of carbonyl (C=O) groups excluding carboxylic acids is 2. The number of amides is 1. The number of hydrogen-bond acceptors (Lipinski definition) is 6. The Hall–Kier alpha value is -2.12. The largest absolute Gasteiger partial charge is 0.452 e. The minimum Gasteiger partial charge on any atom is -0.452 e. The van der Waals surface area contributed by atoms with Gasteiger partial charge in [-0.1, -0.05) is 18.2 Å². The van der Waals surface area contributed by atoms with Gasteiger partial charge in [-0.15, -0.1) is 0 Å². The second kappa shape index (κ2) is 7.77. The Balaban J connectivity index is 1.75. The highest BCUT2D eigenvalue weighted by molar-refractivity contribution is 5.83. The number of piperazine rings is 1. The topological polar surface area (TPSA) is 87.9 Å². The van der Waals surface area contributed by atoms with Crippen LogP contribution in [-0.4, -0.2) is 55.6 Å². The Morgan fingerprint density at radius 3 is 2.45 bits per heavy atom. The highest BCUT2D eigenvalue weighted by Crippen LogP contribution is 2.15. The predicted molar refractivity (Wildman–Crippen MR) is 83.0 cm³/mol. The zero-order valence-electron chi connectivity index (χ0n) is 12.7. The number of hydrogen-bond donors (Lipinski definition) is 2. The lowest BCUT2D eigenvalue weighted by Crippen LogP contribution is -2.49. The fraction of sp³-hybridized carbons (Fsp3) is 0.467. The van der Waals surface area contributed by atoms with E-state index in [1.165, 1.54) is 12.6 Å². The maximum Gasteiger partial charge on any atom is 0.320 e. The van der Waals surface area contributed by atoms with E-state index >= 15 is 0 Å².